The zero-order valence-corrected chi connectivity index (χ0v) is 10.9. The number of pyridine rings is 1. The number of rotatable bonds is 4. The highest BCUT2D eigenvalue weighted by atomic mass is 35.5. The predicted molar refractivity (Wildman–Crippen MR) is 72.8 cm³/mol. The first kappa shape index (κ1) is 13.5. The molecule has 0 atom stereocenters. The SMILES string of the molecule is O=C(NCc1ccc(CO)cc1)c1cnccc1Cl. The number of aromatic nitrogens is 1. The molecule has 2 rings (SSSR count). The first-order chi connectivity index (χ1) is 9.20. The molecule has 0 unspecified atom stereocenters. The number of carbonyl (C=O) groups excluding carboxylic acids is 1. The summed E-state index contributed by atoms with van der Waals surface area (Å²) in [7, 11) is 0. The Bertz CT molecular complexity index is 570. The number of hydrogen-bond donors (Lipinski definition) is 2. The molecule has 2 aromatic rings. The normalized spacial score (nSPS) is 10.2. The van der Waals surface area contributed by atoms with Gasteiger partial charge in [0.15, 0.2) is 0 Å². The molecule has 2 N–H and O–H groups in total. The molecule has 19 heavy (non-hydrogen) atoms. The van der Waals surface area contributed by atoms with Crippen LogP contribution in [0.25, 0.3) is 0 Å². The fraction of sp³-hybridized carbons (Fsp3) is 0.143. The van der Waals surface area contributed by atoms with E-state index < -0.39 is 0 Å². The predicted octanol–water partition coefficient (Wildman–Crippen LogP) is 2.16. The van der Waals surface area contributed by atoms with Gasteiger partial charge in [0.05, 0.1) is 17.2 Å². The van der Waals surface area contributed by atoms with Crippen LogP contribution >= 0.6 is 11.6 Å². The summed E-state index contributed by atoms with van der Waals surface area (Å²) in [6.45, 7) is 0.410. The molecule has 0 aliphatic heterocycles. The summed E-state index contributed by atoms with van der Waals surface area (Å²) in [5, 5.41) is 12.1. The van der Waals surface area contributed by atoms with Crippen LogP contribution in [-0.2, 0) is 13.2 Å². The average Bonchev–Trinajstić information content (AvgIpc) is 2.46. The average molecular weight is 277 g/mol. The van der Waals surface area contributed by atoms with Gasteiger partial charge in [-0.2, -0.15) is 0 Å². The third-order valence-electron chi connectivity index (χ3n) is 2.67. The van der Waals surface area contributed by atoms with E-state index in [1.807, 2.05) is 24.3 Å². The molecule has 98 valence electrons. The van der Waals surface area contributed by atoms with Crippen molar-refractivity contribution in [2.45, 2.75) is 13.2 Å². The molecule has 0 bridgehead atoms. The fourth-order valence-corrected chi connectivity index (χ4v) is 1.78. The van der Waals surface area contributed by atoms with Crippen molar-refractivity contribution in [3.05, 3.63) is 64.4 Å². The largest absolute Gasteiger partial charge is 0.392 e. The van der Waals surface area contributed by atoms with Crippen LogP contribution in [-0.4, -0.2) is 16.0 Å². The summed E-state index contributed by atoms with van der Waals surface area (Å²) in [4.78, 5) is 15.8. The van der Waals surface area contributed by atoms with E-state index in [-0.39, 0.29) is 12.5 Å². The number of aliphatic hydroxyl groups is 1. The minimum Gasteiger partial charge on any atom is -0.392 e. The lowest BCUT2D eigenvalue weighted by molar-refractivity contribution is 0.0950. The number of halogens is 1. The van der Waals surface area contributed by atoms with E-state index in [2.05, 4.69) is 10.3 Å². The summed E-state index contributed by atoms with van der Waals surface area (Å²) in [6, 6.07) is 8.93. The molecule has 0 radical (unpaired) electrons. The van der Waals surface area contributed by atoms with Crippen LogP contribution in [0.4, 0.5) is 0 Å². The van der Waals surface area contributed by atoms with Crippen LogP contribution in [0.15, 0.2) is 42.7 Å². The van der Waals surface area contributed by atoms with E-state index in [1.165, 1.54) is 12.4 Å². The van der Waals surface area contributed by atoms with Crippen LogP contribution in [0, 0.1) is 0 Å². The molecule has 0 spiro atoms. The minimum absolute atomic E-state index is 0.0118. The van der Waals surface area contributed by atoms with Crippen molar-refractivity contribution >= 4 is 17.5 Å². The highest BCUT2D eigenvalue weighted by Crippen LogP contribution is 2.13. The Kier molecular flexibility index (Phi) is 4.49. The molecule has 0 aliphatic carbocycles. The molecule has 1 amide bonds. The van der Waals surface area contributed by atoms with Gasteiger partial charge in [-0.25, -0.2) is 0 Å². The second kappa shape index (κ2) is 6.31. The number of benzene rings is 1. The van der Waals surface area contributed by atoms with Gasteiger partial charge in [-0.3, -0.25) is 9.78 Å². The third-order valence-corrected chi connectivity index (χ3v) is 3.00. The summed E-state index contributed by atoms with van der Waals surface area (Å²) >= 11 is 5.91. The number of carbonyl (C=O) groups is 1. The maximum absolute atomic E-state index is 11.9. The maximum Gasteiger partial charge on any atom is 0.254 e. The van der Waals surface area contributed by atoms with Crippen LogP contribution in [0.2, 0.25) is 5.02 Å². The van der Waals surface area contributed by atoms with Crippen LogP contribution in [0.3, 0.4) is 0 Å². The van der Waals surface area contributed by atoms with E-state index in [9.17, 15) is 4.79 Å². The molecule has 1 aromatic heterocycles. The van der Waals surface area contributed by atoms with Gasteiger partial charge in [0.25, 0.3) is 5.91 Å². The topological polar surface area (TPSA) is 62.2 Å². The number of aliphatic hydroxyl groups excluding tert-OH is 1. The maximum atomic E-state index is 11.9. The Hall–Kier alpha value is -1.91. The van der Waals surface area contributed by atoms with Crippen LogP contribution in [0.1, 0.15) is 21.5 Å². The lowest BCUT2D eigenvalue weighted by Crippen LogP contribution is -2.23. The number of nitrogens with one attached hydrogen (secondary N) is 1. The van der Waals surface area contributed by atoms with Crippen molar-refractivity contribution in [1.82, 2.24) is 10.3 Å². The zero-order valence-electron chi connectivity index (χ0n) is 10.1. The molecule has 0 aliphatic rings. The van der Waals surface area contributed by atoms with E-state index in [0.717, 1.165) is 11.1 Å². The zero-order chi connectivity index (χ0) is 13.7. The highest BCUT2D eigenvalue weighted by Gasteiger charge is 2.09. The standard InChI is InChI=1S/C14H13ClN2O2/c15-13-5-6-16-8-12(13)14(19)17-7-10-1-3-11(9-18)4-2-10/h1-6,8,18H,7,9H2,(H,17,19). The summed E-state index contributed by atoms with van der Waals surface area (Å²) in [5.41, 5.74) is 2.15. The van der Waals surface area contributed by atoms with Gasteiger partial charge in [0, 0.05) is 18.9 Å². The molecular formula is C14H13ClN2O2. The van der Waals surface area contributed by atoms with Crippen molar-refractivity contribution in [3.8, 4) is 0 Å². The van der Waals surface area contributed by atoms with Gasteiger partial charge in [-0.05, 0) is 17.2 Å². The molecular weight excluding hydrogens is 264 g/mol. The van der Waals surface area contributed by atoms with E-state index in [4.69, 9.17) is 16.7 Å². The van der Waals surface area contributed by atoms with Crippen molar-refractivity contribution in [3.63, 3.8) is 0 Å². The third kappa shape index (κ3) is 3.53. The monoisotopic (exact) mass is 276 g/mol. The second-order valence-corrected chi connectivity index (χ2v) is 4.42. The fourth-order valence-electron chi connectivity index (χ4n) is 1.58. The number of amides is 1. The lowest BCUT2D eigenvalue weighted by Gasteiger charge is -2.07. The van der Waals surface area contributed by atoms with Crippen molar-refractivity contribution < 1.29 is 9.90 Å². The minimum atomic E-state index is -0.260. The number of nitrogens with zero attached hydrogens (tertiary/aromatic N) is 1. The summed E-state index contributed by atoms with van der Waals surface area (Å²) in [6.07, 6.45) is 2.97. The van der Waals surface area contributed by atoms with Gasteiger partial charge in [0.2, 0.25) is 0 Å². The van der Waals surface area contributed by atoms with Gasteiger partial charge in [-0.1, -0.05) is 35.9 Å². The van der Waals surface area contributed by atoms with E-state index >= 15 is 0 Å². The van der Waals surface area contributed by atoms with Gasteiger partial charge in [-0.15, -0.1) is 0 Å². The van der Waals surface area contributed by atoms with Gasteiger partial charge in [0.1, 0.15) is 0 Å². The molecule has 4 nitrogen and oxygen atoms in total. The van der Waals surface area contributed by atoms with Gasteiger partial charge >= 0.3 is 0 Å². The summed E-state index contributed by atoms with van der Waals surface area (Å²) < 4.78 is 0. The quantitative estimate of drug-likeness (QED) is 0.899. The van der Waals surface area contributed by atoms with E-state index in [0.29, 0.717) is 17.1 Å². The smallest absolute Gasteiger partial charge is 0.254 e. The Morgan fingerprint density at radius 1 is 1.21 bits per heavy atom. The van der Waals surface area contributed by atoms with E-state index in [1.54, 1.807) is 6.07 Å². The molecule has 1 aromatic carbocycles. The molecule has 1 heterocycles. The Morgan fingerprint density at radius 2 is 1.89 bits per heavy atom. The Morgan fingerprint density at radius 3 is 2.53 bits per heavy atom. The van der Waals surface area contributed by atoms with Crippen LogP contribution < -0.4 is 5.32 Å². The first-order valence-electron chi connectivity index (χ1n) is 5.77. The Balaban J connectivity index is 1.98. The van der Waals surface area contributed by atoms with Crippen molar-refractivity contribution in [2.75, 3.05) is 0 Å². The van der Waals surface area contributed by atoms with Crippen molar-refractivity contribution in [2.24, 2.45) is 0 Å². The molecule has 5 heteroatoms. The molecule has 0 saturated heterocycles. The van der Waals surface area contributed by atoms with Gasteiger partial charge < -0.3 is 10.4 Å². The van der Waals surface area contributed by atoms with Crippen LogP contribution in [0.5, 0.6) is 0 Å². The number of hydrogen-bond acceptors (Lipinski definition) is 3. The lowest BCUT2D eigenvalue weighted by atomic mass is 10.1. The molecule has 0 fully saturated rings. The second-order valence-electron chi connectivity index (χ2n) is 4.01. The summed E-state index contributed by atoms with van der Waals surface area (Å²) in [5.74, 6) is -0.260. The van der Waals surface area contributed by atoms with Crippen molar-refractivity contribution in [1.29, 1.82) is 0 Å². The Labute approximate surface area is 116 Å². The first-order valence-corrected chi connectivity index (χ1v) is 6.15. The highest BCUT2D eigenvalue weighted by molar-refractivity contribution is 6.33. The molecule has 0 saturated carbocycles.